The SMILES string of the molecule is C[C@@H]1O[C@H](O[C@H]2[C@H](O)[C@@H](C(=O)O)O[C@@H](OC3CC[C@@]4(C)[C@@H](CC[C@]5(C)[C@@H]4CC=C4[C@@H]6CC(C)(C)CC[C@]6(C(=O)O[C@@H]6O[C@H](C)[C@H](O)[C@H](O)[C@H]6O[C@@H]6O[C@@H](C)[C@H](O[C@@H]7OC[C@@H](O)[C@H](O)[C@H]7O)[C@@H](O[C@@H]7O[C@H](CO)[C@@H](O)[C@H](O[C@H]8OC[C@@H](O)[C@H](O)[C@H]8O)[C@H]7O)[C@H]6O)C(O)C[C@]45C)[C@]3(C)C=O)[C@@H]2O[C@@H]2O[C@H](CO)[C@H](O)[C@H](O)[C@H]2O)[C@H](O)[C@H](O)[C@H]1O. The highest BCUT2D eigenvalue weighted by atomic mass is 16.8. The molecule has 0 aromatic heterocycles. The summed E-state index contributed by atoms with van der Waals surface area (Å²) in [6.45, 7) is 13.1. The van der Waals surface area contributed by atoms with Gasteiger partial charge in [0.15, 0.2) is 56.2 Å². The van der Waals surface area contributed by atoms with Crippen molar-refractivity contribution in [1.82, 2.24) is 0 Å². The fourth-order valence-electron chi connectivity index (χ4n) is 21.7. The molecule has 0 radical (unpaired) electrons. The third-order valence-corrected chi connectivity index (χ3v) is 28.9. The van der Waals surface area contributed by atoms with Crippen molar-refractivity contribution in [3.8, 4) is 0 Å². The van der Waals surface area contributed by atoms with Crippen LogP contribution in [0, 0.1) is 50.2 Å². The number of carbonyl (C=O) groups is 3. The second kappa shape index (κ2) is 34.7. The van der Waals surface area contributed by atoms with Gasteiger partial charge < -0.3 is 193 Å². The number of carboxylic acid groups (broad SMARTS) is 1. The molecule has 8 aliphatic heterocycles. The van der Waals surface area contributed by atoms with E-state index in [1.165, 1.54) is 20.8 Å². The van der Waals surface area contributed by atoms with Crippen LogP contribution in [0.1, 0.15) is 120 Å². The Kier molecular flexibility index (Phi) is 27.2. The predicted octanol–water partition coefficient (Wildman–Crippen LogP) is -8.14. The number of carbonyl (C=O) groups excluding carboxylic acids is 2. The van der Waals surface area contributed by atoms with Crippen molar-refractivity contribution in [3.63, 3.8) is 0 Å². The molecule has 13 aliphatic rings. The van der Waals surface area contributed by atoms with Gasteiger partial charge in [0.25, 0.3) is 0 Å². The highest BCUT2D eigenvalue weighted by Crippen LogP contribution is 2.76. The average Bonchev–Trinajstić information content (AvgIpc) is 0.669. The van der Waals surface area contributed by atoms with E-state index in [1.807, 2.05) is 13.8 Å². The second-order valence-corrected chi connectivity index (χ2v) is 36.4. The number of fused-ring (bicyclic) bond motifs is 7. The topological polar surface area (TPSA) is 644 Å². The lowest BCUT2D eigenvalue weighted by Gasteiger charge is -2.71. The third kappa shape index (κ3) is 16.0. The fraction of sp³-hybridized carbons (Fsp3) is 0.934. The van der Waals surface area contributed by atoms with Gasteiger partial charge in [0.2, 0.25) is 6.29 Å². The molecular formula is C76H120O41. The maximum Gasteiger partial charge on any atom is 0.335 e. The number of hydrogen-bond donors (Lipinski definition) is 22. The van der Waals surface area contributed by atoms with Gasteiger partial charge in [-0.15, -0.1) is 0 Å². The molecule has 0 bridgehead atoms. The van der Waals surface area contributed by atoms with Crippen molar-refractivity contribution in [2.45, 2.75) is 366 Å². The molecule has 13 rings (SSSR count). The van der Waals surface area contributed by atoms with Crippen molar-refractivity contribution < 1.29 is 203 Å². The van der Waals surface area contributed by atoms with Gasteiger partial charge in [0, 0.05) is 0 Å². The average molecular weight is 1690 g/mol. The van der Waals surface area contributed by atoms with Crippen molar-refractivity contribution >= 4 is 18.2 Å². The van der Waals surface area contributed by atoms with Gasteiger partial charge in [0.05, 0.1) is 62.4 Å². The van der Waals surface area contributed by atoms with Crippen LogP contribution in [-0.4, -0.2) is 403 Å². The van der Waals surface area contributed by atoms with E-state index in [9.17, 15) is 122 Å². The van der Waals surface area contributed by atoms with Crippen LogP contribution in [0.25, 0.3) is 0 Å². The lowest BCUT2D eigenvalue weighted by Crippen LogP contribution is -2.69. The Bertz CT molecular complexity index is 3460. The quantitative estimate of drug-likeness (QED) is 0.0233. The lowest BCUT2D eigenvalue weighted by atomic mass is 9.33. The minimum Gasteiger partial charge on any atom is -0.479 e. The number of aliphatic carboxylic acids is 1. The molecule has 8 saturated heterocycles. The van der Waals surface area contributed by atoms with Gasteiger partial charge in [-0.25, -0.2) is 4.79 Å². The van der Waals surface area contributed by atoms with Crippen LogP contribution in [0.15, 0.2) is 11.6 Å². The molecular weight excluding hydrogens is 1570 g/mol. The number of aldehydes is 1. The van der Waals surface area contributed by atoms with E-state index >= 15 is 4.79 Å². The molecule has 5 aliphatic carbocycles. The van der Waals surface area contributed by atoms with Crippen LogP contribution in [0.5, 0.6) is 0 Å². The molecule has 0 amide bonds. The summed E-state index contributed by atoms with van der Waals surface area (Å²) in [6, 6.07) is 0. The van der Waals surface area contributed by atoms with Crippen molar-refractivity contribution in [2.24, 2.45) is 50.2 Å². The molecule has 4 saturated carbocycles. The first-order valence-electron chi connectivity index (χ1n) is 40.4. The van der Waals surface area contributed by atoms with Crippen LogP contribution in [0.4, 0.5) is 0 Å². The molecule has 41 nitrogen and oxygen atoms in total. The number of esters is 1. The van der Waals surface area contributed by atoms with E-state index in [4.69, 9.17) is 75.8 Å². The zero-order chi connectivity index (χ0) is 85.5. The number of ether oxygens (including phenoxy) is 16. The normalized spacial score (nSPS) is 55.3. The van der Waals surface area contributed by atoms with Gasteiger partial charge in [-0.3, -0.25) is 4.79 Å². The van der Waals surface area contributed by atoms with E-state index in [0.29, 0.717) is 38.5 Å². The maximum absolute atomic E-state index is 16.1. The standard InChI is InChI=1S/C76H120O41/c1-25-38(83)44(89)49(94)64(104-25)112-56-51(96)58(61(99)100)114-69(60(56)116-65-50(95)45(90)42(87)32(20-77)107-65)109-37-13-14-72(6)34(73(37,7)24-79)12-15-74(8)35(72)11-10-28-29-18-71(4,5)16-17-76(29,36(82)19-75(28,74)9)70(101)117-68-59(46(91)39(84)26(2)105-68)115-66-53(98)57(54(27(3)106-66)110-62-47(92)40(85)30(80)22-102-62)113-67-52(97)55(43(88)33(21-78)108-67)111-63-48(93)41(86)31(81)23-103-63/h10,24-27,29-60,62-69,77-78,80-98H,11-23H2,1-9H3,(H,99,100)/t25-,26+,27-,29-,30+,31+,32+,33+,34+,35+,36?,37?,38-,39-,40-,41-,42-,43+,44+,45-,46-,47+,48+,49+,50+,51-,52+,53+,54-,55-,56-,57-,58-,59+,60+,62-,63+,64+,65-,66-,67-,68-,69+,72-,73-,74+,75+,76+/m0/s1. The van der Waals surface area contributed by atoms with Gasteiger partial charge in [-0.2, -0.15) is 0 Å². The van der Waals surface area contributed by atoms with Gasteiger partial charge in [0.1, 0.15) is 164 Å². The van der Waals surface area contributed by atoms with Gasteiger partial charge in [-0.05, 0) is 118 Å². The number of aliphatic hydroxyl groups is 21. The van der Waals surface area contributed by atoms with Crippen LogP contribution in [-0.2, 0) is 90.2 Å². The van der Waals surface area contributed by atoms with Crippen molar-refractivity contribution in [3.05, 3.63) is 11.6 Å². The van der Waals surface area contributed by atoms with Crippen LogP contribution >= 0.6 is 0 Å². The third-order valence-electron chi connectivity index (χ3n) is 28.9. The number of carboxylic acids is 1. The molecule has 2 unspecified atom stereocenters. The lowest BCUT2D eigenvalue weighted by molar-refractivity contribution is -0.399. The molecule has 0 aromatic carbocycles. The first kappa shape index (κ1) is 91.6. The summed E-state index contributed by atoms with van der Waals surface area (Å²) >= 11 is 0. The zero-order valence-electron chi connectivity index (χ0n) is 66.3. The molecule has 12 fully saturated rings. The van der Waals surface area contributed by atoms with E-state index in [-0.39, 0.29) is 25.2 Å². The Labute approximate surface area is 672 Å². The first-order chi connectivity index (χ1) is 54.9. The Morgan fingerprint density at radius 2 is 0.932 bits per heavy atom. The Morgan fingerprint density at radius 1 is 0.444 bits per heavy atom. The van der Waals surface area contributed by atoms with Gasteiger partial charge in [-0.1, -0.05) is 53.2 Å². The molecule has 117 heavy (non-hydrogen) atoms. The largest absolute Gasteiger partial charge is 0.479 e. The number of aliphatic hydroxyl groups excluding tert-OH is 21. The van der Waals surface area contributed by atoms with Gasteiger partial charge >= 0.3 is 11.9 Å². The molecule has 22 N–H and O–H groups in total. The minimum atomic E-state index is -2.25. The second-order valence-electron chi connectivity index (χ2n) is 36.4. The highest BCUT2D eigenvalue weighted by Gasteiger charge is 2.74. The summed E-state index contributed by atoms with van der Waals surface area (Å²) in [5.41, 5.74) is -5.23. The zero-order valence-corrected chi connectivity index (χ0v) is 66.3. The Morgan fingerprint density at radius 3 is 1.52 bits per heavy atom. The van der Waals surface area contributed by atoms with Crippen LogP contribution in [0.3, 0.4) is 0 Å². The first-order valence-corrected chi connectivity index (χ1v) is 40.4. The fourth-order valence-corrected chi connectivity index (χ4v) is 21.7. The van der Waals surface area contributed by atoms with E-state index in [0.717, 1.165) is 11.9 Å². The Hall–Kier alpha value is -3.09. The summed E-state index contributed by atoms with van der Waals surface area (Å²) in [6.07, 6.45) is -68.8. The highest BCUT2D eigenvalue weighted by molar-refractivity contribution is 5.80. The Balaban J connectivity index is 0.770. The van der Waals surface area contributed by atoms with Crippen LogP contribution in [0.2, 0.25) is 0 Å². The molecule has 48 atom stereocenters. The van der Waals surface area contributed by atoms with Crippen molar-refractivity contribution in [2.75, 3.05) is 26.4 Å². The van der Waals surface area contributed by atoms with Crippen molar-refractivity contribution in [1.29, 1.82) is 0 Å². The number of rotatable bonds is 20. The summed E-state index contributed by atoms with van der Waals surface area (Å²) in [5, 5.41) is 245. The molecule has 8 heterocycles. The molecule has 41 heteroatoms. The van der Waals surface area contributed by atoms with E-state index in [2.05, 4.69) is 26.8 Å². The number of hydrogen-bond acceptors (Lipinski definition) is 40. The minimum absolute atomic E-state index is 0.0184. The summed E-state index contributed by atoms with van der Waals surface area (Å²) < 4.78 is 97.0. The smallest absolute Gasteiger partial charge is 0.335 e. The molecule has 0 spiro atoms. The maximum atomic E-state index is 16.1. The predicted molar refractivity (Wildman–Crippen MR) is 379 cm³/mol. The summed E-state index contributed by atoms with van der Waals surface area (Å²) in [5.74, 6) is -4.30. The summed E-state index contributed by atoms with van der Waals surface area (Å²) in [4.78, 5) is 43.5. The van der Waals surface area contributed by atoms with E-state index < -0.39 is 328 Å². The number of allylic oxidation sites excluding steroid dienone is 2. The van der Waals surface area contributed by atoms with E-state index in [1.54, 1.807) is 6.92 Å². The monoisotopic (exact) mass is 1690 g/mol. The molecule has 670 valence electrons. The van der Waals surface area contributed by atoms with Crippen LogP contribution < -0.4 is 0 Å². The summed E-state index contributed by atoms with van der Waals surface area (Å²) in [7, 11) is 0. The molecule has 0 aromatic rings.